The highest BCUT2D eigenvalue weighted by atomic mass is 32.2. The quantitative estimate of drug-likeness (QED) is 0.227. The zero-order valence-electron chi connectivity index (χ0n) is 16.2. The molecule has 0 aliphatic rings. The number of hydrogen-bond acceptors (Lipinski definition) is 8. The van der Waals surface area contributed by atoms with Gasteiger partial charge in [0, 0.05) is 6.07 Å². The maximum absolute atomic E-state index is 12.7. The summed E-state index contributed by atoms with van der Waals surface area (Å²) in [6.45, 7) is 0. The lowest BCUT2D eigenvalue weighted by atomic mass is 10.2. The van der Waals surface area contributed by atoms with E-state index in [-0.39, 0.29) is 22.7 Å². The number of benzene rings is 3. The Morgan fingerprint density at radius 3 is 2.47 bits per heavy atom. The molecular formula is C20H16N4O7S. The Morgan fingerprint density at radius 2 is 1.78 bits per heavy atom. The maximum atomic E-state index is 12.7. The SMILES string of the molecule is O=C(O)c1ccccc1NS(=O)(=O)c1ccc(NN=Cc2cccc(O)c2)c([N+](=O)[O-])c1. The third-order valence-electron chi connectivity index (χ3n) is 4.15. The maximum Gasteiger partial charge on any atom is 0.337 e. The molecule has 4 N–H and O–H groups in total. The Morgan fingerprint density at radius 1 is 1.03 bits per heavy atom. The minimum Gasteiger partial charge on any atom is -0.508 e. The summed E-state index contributed by atoms with van der Waals surface area (Å²) in [4.78, 5) is 21.5. The lowest BCUT2D eigenvalue weighted by molar-refractivity contribution is -0.384. The normalized spacial score (nSPS) is 11.2. The van der Waals surface area contributed by atoms with Gasteiger partial charge < -0.3 is 10.2 Å². The summed E-state index contributed by atoms with van der Waals surface area (Å²) in [7, 11) is -4.32. The number of phenolic OH excluding ortho intramolecular Hbond substituents is 1. The number of nitrogens with one attached hydrogen (secondary N) is 2. The third kappa shape index (κ3) is 5.17. The Balaban J connectivity index is 1.88. The Kier molecular flexibility index (Phi) is 6.35. The number of hydrazone groups is 1. The topological polar surface area (TPSA) is 171 Å². The van der Waals surface area contributed by atoms with Crippen LogP contribution in [0.4, 0.5) is 17.1 Å². The number of sulfonamides is 1. The van der Waals surface area contributed by atoms with Crippen molar-refractivity contribution in [2.24, 2.45) is 5.10 Å². The number of anilines is 2. The lowest BCUT2D eigenvalue weighted by Crippen LogP contribution is -2.16. The average molecular weight is 456 g/mol. The number of nitrogens with zero attached hydrogens (tertiary/aromatic N) is 2. The molecule has 0 heterocycles. The summed E-state index contributed by atoms with van der Waals surface area (Å²) in [5, 5.41) is 34.0. The Bertz CT molecular complexity index is 1320. The van der Waals surface area contributed by atoms with Crippen molar-refractivity contribution in [2.75, 3.05) is 10.1 Å². The molecule has 0 aliphatic heterocycles. The molecule has 0 fully saturated rings. The number of nitro benzene ring substituents is 1. The molecule has 0 amide bonds. The third-order valence-corrected chi connectivity index (χ3v) is 5.51. The number of para-hydroxylation sites is 1. The molecule has 0 bridgehead atoms. The number of nitro groups is 1. The van der Waals surface area contributed by atoms with Crippen LogP contribution in [0.15, 0.2) is 76.7 Å². The van der Waals surface area contributed by atoms with Crippen molar-refractivity contribution in [3.63, 3.8) is 0 Å². The van der Waals surface area contributed by atoms with Crippen molar-refractivity contribution in [1.29, 1.82) is 0 Å². The zero-order valence-corrected chi connectivity index (χ0v) is 17.0. The molecule has 0 saturated heterocycles. The van der Waals surface area contributed by atoms with Crippen LogP contribution in [0.25, 0.3) is 0 Å². The van der Waals surface area contributed by atoms with Gasteiger partial charge in [-0.05, 0) is 42.0 Å². The smallest absolute Gasteiger partial charge is 0.337 e. The Labute approximate surface area is 181 Å². The van der Waals surface area contributed by atoms with E-state index in [2.05, 4.69) is 15.2 Å². The second-order valence-electron chi connectivity index (χ2n) is 6.36. The van der Waals surface area contributed by atoms with Crippen LogP contribution in [0.5, 0.6) is 5.75 Å². The molecule has 32 heavy (non-hydrogen) atoms. The van der Waals surface area contributed by atoms with Crippen LogP contribution in [0.2, 0.25) is 0 Å². The zero-order chi connectivity index (χ0) is 23.3. The molecule has 164 valence electrons. The molecule has 3 rings (SSSR count). The molecular weight excluding hydrogens is 440 g/mol. The van der Waals surface area contributed by atoms with Crippen LogP contribution in [-0.2, 0) is 10.0 Å². The first-order chi connectivity index (χ1) is 15.2. The highest BCUT2D eigenvalue weighted by molar-refractivity contribution is 7.92. The van der Waals surface area contributed by atoms with Crippen LogP contribution in [-0.4, -0.2) is 35.7 Å². The molecule has 3 aromatic carbocycles. The lowest BCUT2D eigenvalue weighted by Gasteiger charge is -2.11. The van der Waals surface area contributed by atoms with Crippen molar-refractivity contribution >= 4 is 39.3 Å². The van der Waals surface area contributed by atoms with E-state index in [0.717, 1.165) is 18.2 Å². The van der Waals surface area contributed by atoms with E-state index in [4.69, 9.17) is 0 Å². The standard InChI is InChI=1S/C20H16N4O7S/c25-14-5-3-4-13(10-14)12-21-22-18-9-8-15(11-19(18)24(28)29)32(30,31)23-17-7-2-1-6-16(17)20(26)27/h1-12,22-23,25H,(H,26,27). The van der Waals surface area contributed by atoms with Gasteiger partial charge in [-0.1, -0.05) is 24.3 Å². The molecule has 0 atom stereocenters. The first-order valence-corrected chi connectivity index (χ1v) is 10.4. The van der Waals surface area contributed by atoms with E-state index in [0.29, 0.717) is 5.56 Å². The van der Waals surface area contributed by atoms with E-state index >= 15 is 0 Å². The predicted molar refractivity (Wildman–Crippen MR) is 117 cm³/mol. The number of hydrogen-bond donors (Lipinski definition) is 4. The van der Waals surface area contributed by atoms with Crippen LogP contribution < -0.4 is 10.1 Å². The van der Waals surface area contributed by atoms with Gasteiger partial charge in [0.2, 0.25) is 0 Å². The van der Waals surface area contributed by atoms with Gasteiger partial charge in [-0.3, -0.25) is 20.3 Å². The molecule has 12 heteroatoms. The molecule has 3 aromatic rings. The fourth-order valence-corrected chi connectivity index (χ4v) is 3.77. The molecule has 0 unspecified atom stereocenters. The minimum atomic E-state index is -4.32. The number of carbonyl (C=O) groups is 1. The summed E-state index contributed by atoms with van der Waals surface area (Å²) in [5.41, 5.74) is 1.91. The highest BCUT2D eigenvalue weighted by Crippen LogP contribution is 2.29. The molecule has 11 nitrogen and oxygen atoms in total. The predicted octanol–water partition coefficient (Wildman–Crippen LogP) is 3.25. The monoisotopic (exact) mass is 456 g/mol. The van der Waals surface area contributed by atoms with Crippen molar-refractivity contribution in [1.82, 2.24) is 0 Å². The van der Waals surface area contributed by atoms with Gasteiger partial charge in [0.15, 0.2) is 0 Å². The first kappa shape index (κ1) is 22.2. The number of phenols is 1. The van der Waals surface area contributed by atoms with E-state index < -0.39 is 31.5 Å². The van der Waals surface area contributed by atoms with E-state index in [1.807, 2.05) is 0 Å². The Hall–Kier alpha value is -4.45. The molecule has 0 aliphatic carbocycles. The van der Waals surface area contributed by atoms with Crippen molar-refractivity contribution in [3.8, 4) is 5.75 Å². The van der Waals surface area contributed by atoms with Gasteiger partial charge >= 0.3 is 5.97 Å². The van der Waals surface area contributed by atoms with Crippen molar-refractivity contribution in [2.45, 2.75) is 4.90 Å². The van der Waals surface area contributed by atoms with E-state index in [1.165, 1.54) is 42.6 Å². The molecule has 0 saturated carbocycles. The van der Waals surface area contributed by atoms with Crippen LogP contribution >= 0.6 is 0 Å². The minimum absolute atomic E-state index is 0.0199. The molecule has 0 spiro atoms. The molecule has 0 radical (unpaired) electrons. The number of aromatic carboxylic acids is 1. The van der Waals surface area contributed by atoms with E-state index in [9.17, 15) is 33.5 Å². The summed E-state index contributed by atoms with van der Waals surface area (Å²) in [6, 6.07) is 14.6. The number of carboxylic acid groups (broad SMARTS) is 1. The average Bonchev–Trinajstić information content (AvgIpc) is 2.73. The summed E-state index contributed by atoms with van der Waals surface area (Å²) < 4.78 is 27.5. The van der Waals surface area contributed by atoms with Gasteiger partial charge in [0.1, 0.15) is 11.4 Å². The van der Waals surface area contributed by atoms with E-state index in [1.54, 1.807) is 12.1 Å². The first-order valence-electron chi connectivity index (χ1n) is 8.89. The van der Waals surface area contributed by atoms with Gasteiger partial charge in [-0.2, -0.15) is 5.10 Å². The van der Waals surface area contributed by atoms with Crippen molar-refractivity contribution in [3.05, 3.63) is 88.0 Å². The fraction of sp³-hybridized carbons (Fsp3) is 0. The van der Waals surface area contributed by atoms with Gasteiger partial charge in [0.25, 0.3) is 15.7 Å². The number of carboxylic acids is 1. The van der Waals surface area contributed by atoms with Gasteiger partial charge in [-0.15, -0.1) is 0 Å². The van der Waals surface area contributed by atoms with Crippen molar-refractivity contribution < 1.29 is 28.3 Å². The van der Waals surface area contributed by atoms with Gasteiger partial charge in [-0.25, -0.2) is 13.2 Å². The summed E-state index contributed by atoms with van der Waals surface area (Å²) >= 11 is 0. The van der Waals surface area contributed by atoms with Crippen LogP contribution in [0.3, 0.4) is 0 Å². The number of aromatic hydroxyl groups is 1. The van der Waals surface area contributed by atoms with Crippen LogP contribution in [0, 0.1) is 10.1 Å². The summed E-state index contributed by atoms with van der Waals surface area (Å²) in [6.07, 6.45) is 1.32. The number of rotatable bonds is 8. The highest BCUT2D eigenvalue weighted by Gasteiger charge is 2.23. The largest absolute Gasteiger partial charge is 0.508 e. The fourth-order valence-electron chi connectivity index (χ4n) is 2.67. The summed E-state index contributed by atoms with van der Waals surface area (Å²) in [5.74, 6) is -1.31. The second kappa shape index (κ2) is 9.14. The van der Waals surface area contributed by atoms with Crippen LogP contribution in [0.1, 0.15) is 15.9 Å². The second-order valence-corrected chi connectivity index (χ2v) is 8.04. The van der Waals surface area contributed by atoms with Gasteiger partial charge in [0.05, 0.1) is 27.3 Å². The molecule has 0 aromatic heterocycles.